The molecule has 0 radical (unpaired) electrons. The van der Waals surface area contributed by atoms with Gasteiger partial charge in [0.2, 0.25) is 0 Å². The Kier molecular flexibility index (Phi) is 2.70. The van der Waals surface area contributed by atoms with Crippen molar-refractivity contribution in [3.05, 3.63) is 24.3 Å². The average Bonchev–Trinajstić information content (AvgIpc) is 2.63. The van der Waals surface area contributed by atoms with Gasteiger partial charge in [0.25, 0.3) is 5.89 Å². The molecule has 90 valence electrons. The summed E-state index contributed by atoms with van der Waals surface area (Å²) in [6.07, 6.45) is -2.82. The molecular formula is C9H7F3N4O. The van der Waals surface area contributed by atoms with Gasteiger partial charge in [-0.3, -0.25) is 4.98 Å². The standard InChI is InChI=1S/C9H7F3N4O/c10-9(11,12)2-7-15-8(17-16-7)5-1-6(13)4-14-3-5/h1,3-4H,2,13H2. The fourth-order valence-corrected chi connectivity index (χ4v) is 1.20. The van der Waals surface area contributed by atoms with Gasteiger partial charge in [-0.25, -0.2) is 0 Å². The predicted molar refractivity (Wildman–Crippen MR) is 51.7 cm³/mol. The summed E-state index contributed by atoms with van der Waals surface area (Å²) in [6, 6.07) is 1.48. The first-order valence-electron chi connectivity index (χ1n) is 4.54. The van der Waals surface area contributed by atoms with Gasteiger partial charge in [0.15, 0.2) is 5.82 Å². The first-order chi connectivity index (χ1) is 7.94. The molecule has 0 spiro atoms. The molecule has 2 heterocycles. The molecule has 0 fully saturated rings. The summed E-state index contributed by atoms with van der Waals surface area (Å²) in [4.78, 5) is 7.38. The summed E-state index contributed by atoms with van der Waals surface area (Å²) in [5.41, 5.74) is 6.21. The maximum Gasteiger partial charge on any atom is 0.396 e. The normalized spacial score (nSPS) is 11.7. The van der Waals surface area contributed by atoms with Crippen molar-refractivity contribution in [1.82, 2.24) is 15.1 Å². The van der Waals surface area contributed by atoms with Gasteiger partial charge in [-0.1, -0.05) is 5.16 Å². The Labute approximate surface area is 93.5 Å². The van der Waals surface area contributed by atoms with E-state index in [0.717, 1.165) is 0 Å². The van der Waals surface area contributed by atoms with Crippen LogP contribution < -0.4 is 5.73 Å². The summed E-state index contributed by atoms with van der Waals surface area (Å²) >= 11 is 0. The molecule has 0 aliphatic heterocycles. The number of nitrogens with zero attached hydrogens (tertiary/aromatic N) is 3. The predicted octanol–water partition coefficient (Wildman–Crippen LogP) is 1.82. The highest BCUT2D eigenvalue weighted by molar-refractivity contribution is 5.57. The zero-order valence-electron chi connectivity index (χ0n) is 8.40. The van der Waals surface area contributed by atoms with Crippen molar-refractivity contribution in [3.8, 4) is 11.5 Å². The van der Waals surface area contributed by atoms with E-state index in [4.69, 9.17) is 10.3 Å². The lowest BCUT2D eigenvalue weighted by Gasteiger charge is -1.99. The molecule has 0 aliphatic rings. The second-order valence-electron chi connectivity index (χ2n) is 3.31. The van der Waals surface area contributed by atoms with E-state index in [1.54, 1.807) is 0 Å². The first kappa shape index (κ1) is 11.4. The van der Waals surface area contributed by atoms with E-state index in [-0.39, 0.29) is 5.89 Å². The van der Waals surface area contributed by atoms with Crippen LogP contribution in [0.25, 0.3) is 11.5 Å². The highest BCUT2D eigenvalue weighted by atomic mass is 19.4. The van der Waals surface area contributed by atoms with Crippen LogP contribution in [0.2, 0.25) is 0 Å². The van der Waals surface area contributed by atoms with E-state index in [2.05, 4.69) is 15.1 Å². The summed E-state index contributed by atoms with van der Waals surface area (Å²) in [7, 11) is 0. The number of nitrogens with two attached hydrogens (primary N) is 1. The van der Waals surface area contributed by atoms with Crippen molar-refractivity contribution in [1.29, 1.82) is 0 Å². The zero-order chi connectivity index (χ0) is 12.5. The Morgan fingerprint density at radius 1 is 1.29 bits per heavy atom. The maximum absolute atomic E-state index is 12.1. The molecule has 2 aromatic rings. The Morgan fingerprint density at radius 2 is 2.06 bits per heavy atom. The molecule has 5 nitrogen and oxygen atoms in total. The van der Waals surface area contributed by atoms with Crippen LogP contribution in [-0.4, -0.2) is 21.3 Å². The lowest BCUT2D eigenvalue weighted by atomic mass is 10.2. The molecule has 0 amide bonds. The number of pyridine rings is 1. The monoisotopic (exact) mass is 244 g/mol. The SMILES string of the molecule is Nc1cncc(-c2nc(CC(F)(F)F)no2)c1. The second kappa shape index (κ2) is 4.04. The molecule has 2 aromatic heterocycles. The third kappa shape index (κ3) is 2.92. The van der Waals surface area contributed by atoms with Crippen LogP contribution in [0.5, 0.6) is 0 Å². The van der Waals surface area contributed by atoms with Crippen LogP contribution in [0.15, 0.2) is 23.0 Å². The number of rotatable bonds is 2. The molecule has 0 bridgehead atoms. The summed E-state index contributed by atoms with van der Waals surface area (Å²) in [5.74, 6) is -0.459. The van der Waals surface area contributed by atoms with Crippen molar-refractivity contribution in [2.24, 2.45) is 0 Å². The summed E-state index contributed by atoms with van der Waals surface area (Å²) < 4.78 is 40.9. The van der Waals surface area contributed by atoms with Crippen molar-refractivity contribution in [2.45, 2.75) is 12.6 Å². The summed E-state index contributed by atoms with van der Waals surface area (Å²) in [6.45, 7) is 0. The smallest absolute Gasteiger partial charge is 0.396 e. The Hall–Kier alpha value is -2.12. The number of hydrogen-bond donors (Lipinski definition) is 1. The van der Waals surface area contributed by atoms with Crippen molar-refractivity contribution >= 4 is 5.69 Å². The van der Waals surface area contributed by atoms with Crippen LogP contribution in [-0.2, 0) is 6.42 Å². The molecule has 17 heavy (non-hydrogen) atoms. The van der Waals surface area contributed by atoms with Gasteiger partial charge >= 0.3 is 6.18 Å². The molecule has 0 unspecified atom stereocenters. The van der Waals surface area contributed by atoms with Crippen molar-refractivity contribution < 1.29 is 17.7 Å². The first-order valence-corrected chi connectivity index (χ1v) is 4.54. The Balaban J connectivity index is 2.24. The number of alkyl halides is 3. The topological polar surface area (TPSA) is 77.8 Å². The summed E-state index contributed by atoms with van der Waals surface area (Å²) in [5, 5.41) is 3.23. The molecule has 0 saturated heterocycles. The van der Waals surface area contributed by atoms with E-state index >= 15 is 0 Å². The highest BCUT2D eigenvalue weighted by Gasteiger charge is 2.30. The molecule has 2 rings (SSSR count). The number of nitrogen functional groups attached to an aromatic ring is 1. The fraction of sp³-hybridized carbons (Fsp3) is 0.222. The minimum Gasteiger partial charge on any atom is -0.397 e. The van der Waals surface area contributed by atoms with E-state index in [0.29, 0.717) is 11.3 Å². The van der Waals surface area contributed by atoms with Crippen LogP contribution in [0.1, 0.15) is 5.82 Å². The number of hydrogen-bond acceptors (Lipinski definition) is 5. The van der Waals surface area contributed by atoms with E-state index in [1.165, 1.54) is 18.5 Å². The molecule has 0 aromatic carbocycles. The molecule has 0 aliphatic carbocycles. The van der Waals surface area contributed by atoms with Crippen LogP contribution in [0, 0.1) is 0 Å². The van der Waals surface area contributed by atoms with E-state index < -0.39 is 18.4 Å². The lowest BCUT2D eigenvalue weighted by molar-refractivity contribution is -0.128. The third-order valence-electron chi connectivity index (χ3n) is 1.83. The fourth-order valence-electron chi connectivity index (χ4n) is 1.20. The molecule has 2 N–H and O–H groups in total. The number of aromatic nitrogens is 3. The van der Waals surface area contributed by atoms with Crippen LogP contribution in [0.3, 0.4) is 0 Å². The van der Waals surface area contributed by atoms with Crippen molar-refractivity contribution in [2.75, 3.05) is 5.73 Å². The van der Waals surface area contributed by atoms with Gasteiger partial charge < -0.3 is 10.3 Å². The molecular weight excluding hydrogens is 237 g/mol. The lowest BCUT2D eigenvalue weighted by Crippen LogP contribution is -2.12. The Bertz CT molecular complexity index is 523. The van der Waals surface area contributed by atoms with Crippen LogP contribution in [0.4, 0.5) is 18.9 Å². The second-order valence-corrected chi connectivity index (χ2v) is 3.31. The molecule has 0 atom stereocenters. The molecule has 0 saturated carbocycles. The molecule has 8 heteroatoms. The van der Waals surface area contributed by atoms with Gasteiger partial charge in [0.1, 0.15) is 6.42 Å². The van der Waals surface area contributed by atoms with Crippen LogP contribution >= 0.6 is 0 Å². The number of halogens is 3. The Morgan fingerprint density at radius 3 is 2.71 bits per heavy atom. The highest BCUT2D eigenvalue weighted by Crippen LogP contribution is 2.22. The van der Waals surface area contributed by atoms with E-state index in [9.17, 15) is 13.2 Å². The number of anilines is 1. The van der Waals surface area contributed by atoms with Gasteiger partial charge in [-0.15, -0.1) is 0 Å². The quantitative estimate of drug-likeness (QED) is 0.871. The van der Waals surface area contributed by atoms with E-state index in [1.807, 2.05) is 0 Å². The third-order valence-corrected chi connectivity index (χ3v) is 1.83. The minimum absolute atomic E-state index is 0.0379. The van der Waals surface area contributed by atoms with Gasteiger partial charge in [-0.2, -0.15) is 18.2 Å². The van der Waals surface area contributed by atoms with Gasteiger partial charge in [0, 0.05) is 12.4 Å². The van der Waals surface area contributed by atoms with Crippen molar-refractivity contribution in [3.63, 3.8) is 0 Å². The van der Waals surface area contributed by atoms with Gasteiger partial charge in [0.05, 0.1) is 11.3 Å². The minimum atomic E-state index is -4.37. The largest absolute Gasteiger partial charge is 0.397 e. The average molecular weight is 244 g/mol. The maximum atomic E-state index is 12.1. The zero-order valence-corrected chi connectivity index (χ0v) is 8.40. The van der Waals surface area contributed by atoms with Gasteiger partial charge in [-0.05, 0) is 6.07 Å².